The number of rotatable bonds is 5. The summed E-state index contributed by atoms with van der Waals surface area (Å²) in [6.45, 7) is 3.57. The van der Waals surface area contributed by atoms with Crippen LogP contribution in [0.4, 0.5) is 5.69 Å². The van der Waals surface area contributed by atoms with Crippen molar-refractivity contribution in [1.29, 1.82) is 0 Å². The smallest absolute Gasteiger partial charge is 0.269 e. The van der Waals surface area contributed by atoms with Crippen LogP contribution in [-0.2, 0) is 0 Å². The molecule has 1 aromatic heterocycles. The van der Waals surface area contributed by atoms with Crippen LogP contribution in [0.15, 0.2) is 30.3 Å². The second-order valence-electron chi connectivity index (χ2n) is 4.33. The molecule has 6 heteroatoms. The van der Waals surface area contributed by atoms with E-state index in [-0.39, 0.29) is 18.1 Å². The lowest BCUT2D eigenvalue weighted by atomic mass is 10.2. The van der Waals surface area contributed by atoms with E-state index in [4.69, 9.17) is 4.74 Å². The van der Waals surface area contributed by atoms with Crippen LogP contribution in [0.3, 0.4) is 0 Å². The summed E-state index contributed by atoms with van der Waals surface area (Å²) in [4.78, 5) is 23.8. The van der Waals surface area contributed by atoms with Crippen molar-refractivity contribution in [2.24, 2.45) is 0 Å². The van der Waals surface area contributed by atoms with E-state index < -0.39 is 4.92 Å². The second kappa shape index (κ2) is 5.83. The maximum atomic E-state index is 11.9. The maximum absolute atomic E-state index is 11.9. The lowest BCUT2D eigenvalue weighted by Crippen LogP contribution is -2.10. The molecule has 0 saturated carbocycles. The van der Waals surface area contributed by atoms with Gasteiger partial charge in [-0.1, -0.05) is 0 Å². The Morgan fingerprint density at radius 3 is 2.60 bits per heavy atom. The minimum Gasteiger partial charge on any atom is -0.485 e. The Kier molecular flexibility index (Phi) is 4.14. The van der Waals surface area contributed by atoms with Crippen LogP contribution in [0.2, 0.25) is 0 Å². The van der Waals surface area contributed by atoms with Crippen LogP contribution in [0.1, 0.15) is 20.1 Å². The van der Waals surface area contributed by atoms with Crippen molar-refractivity contribution < 1.29 is 14.5 Å². The van der Waals surface area contributed by atoms with E-state index in [1.165, 1.54) is 29.5 Å². The first-order valence-corrected chi connectivity index (χ1v) is 6.76. The number of nitrogens with zero attached hydrogens (tertiary/aromatic N) is 1. The molecule has 0 fully saturated rings. The Hall–Kier alpha value is -2.21. The SMILES string of the molecule is Cc1ccc(C(=O)COc2ccc([N+](=O)[O-])cc2C)s1. The number of benzene rings is 1. The number of hydrogen-bond acceptors (Lipinski definition) is 5. The summed E-state index contributed by atoms with van der Waals surface area (Å²) in [5, 5.41) is 10.6. The second-order valence-corrected chi connectivity index (χ2v) is 5.62. The molecule has 0 unspecified atom stereocenters. The van der Waals surface area contributed by atoms with E-state index in [9.17, 15) is 14.9 Å². The van der Waals surface area contributed by atoms with Crippen molar-refractivity contribution in [2.45, 2.75) is 13.8 Å². The first kappa shape index (κ1) is 14.2. The van der Waals surface area contributed by atoms with Crippen LogP contribution in [0.5, 0.6) is 5.75 Å². The molecular weight excluding hydrogens is 278 g/mol. The molecule has 0 saturated heterocycles. The van der Waals surface area contributed by atoms with Gasteiger partial charge in [-0.3, -0.25) is 14.9 Å². The summed E-state index contributed by atoms with van der Waals surface area (Å²) in [6, 6.07) is 7.96. The summed E-state index contributed by atoms with van der Waals surface area (Å²) in [7, 11) is 0. The lowest BCUT2D eigenvalue weighted by Gasteiger charge is -2.07. The summed E-state index contributed by atoms with van der Waals surface area (Å²) >= 11 is 1.42. The van der Waals surface area contributed by atoms with Crippen molar-refractivity contribution >= 4 is 22.8 Å². The van der Waals surface area contributed by atoms with Crippen molar-refractivity contribution in [3.8, 4) is 5.75 Å². The van der Waals surface area contributed by atoms with Gasteiger partial charge >= 0.3 is 0 Å². The molecule has 0 N–H and O–H groups in total. The van der Waals surface area contributed by atoms with Crippen molar-refractivity contribution in [1.82, 2.24) is 0 Å². The van der Waals surface area contributed by atoms with Crippen LogP contribution < -0.4 is 4.74 Å². The lowest BCUT2D eigenvalue weighted by molar-refractivity contribution is -0.384. The monoisotopic (exact) mass is 291 g/mol. The number of ketones is 1. The molecule has 2 rings (SSSR count). The minimum atomic E-state index is -0.462. The number of aryl methyl sites for hydroxylation is 2. The Morgan fingerprint density at radius 2 is 2.05 bits per heavy atom. The topological polar surface area (TPSA) is 69.4 Å². The molecule has 0 spiro atoms. The molecule has 0 aliphatic rings. The molecule has 0 aliphatic carbocycles. The third-order valence-corrected chi connectivity index (χ3v) is 3.79. The third-order valence-electron chi connectivity index (χ3n) is 2.74. The quantitative estimate of drug-likeness (QED) is 0.480. The Morgan fingerprint density at radius 1 is 1.30 bits per heavy atom. The van der Waals surface area contributed by atoms with Crippen molar-refractivity contribution in [3.05, 3.63) is 55.8 Å². The number of nitro groups is 1. The molecular formula is C14H13NO4S. The molecule has 20 heavy (non-hydrogen) atoms. The number of carbonyl (C=O) groups is 1. The molecule has 5 nitrogen and oxygen atoms in total. The summed E-state index contributed by atoms with van der Waals surface area (Å²) in [6.07, 6.45) is 0. The highest BCUT2D eigenvalue weighted by atomic mass is 32.1. The fourth-order valence-corrected chi connectivity index (χ4v) is 2.50. The number of hydrogen-bond donors (Lipinski definition) is 0. The molecule has 104 valence electrons. The number of Topliss-reactive ketones (excluding diaryl/α,β-unsaturated/α-hetero) is 1. The predicted octanol–water partition coefficient (Wildman–Crippen LogP) is 3.53. The maximum Gasteiger partial charge on any atom is 0.269 e. The molecule has 0 radical (unpaired) electrons. The zero-order valence-electron chi connectivity index (χ0n) is 11.1. The molecule has 0 bridgehead atoms. The van der Waals surface area contributed by atoms with E-state index in [0.717, 1.165) is 4.88 Å². The van der Waals surface area contributed by atoms with Crippen LogP contribution in [0, 0.1) is 24.0 Å². The standard InChI is InChI=1S/C14H13NO4S/c1-9-7-11(15(17)18)4-5-13(9)19-8-12(16)14-6-3-10(2)20-14/h3-7H,8H2,1-2H3. The number of thiophene rings is 1. The summed E-state index contributed by atoms with van der Waals surface area (Å²) in [5.74, 6) is 0.387. The largest absolute Gasteiger partial charge is 0.485 e. The number of nitro benzene ring substituents is 1. The van der Waals surface area contributed by atoms with Gasteiger partial charge in [0.05, 0.1) is 9.80 Å². The molecule has 1 heterocycles. The Labute approximate surface area is 120 Å². The van der Waals surface area contributed by atoms with E-state index in [2.05, 4.69) is 0 Å². The van der Waals surface area contributed by atoms with Gasteiger partial charge < -0.3 is 4.74 Å². The van der Waals surface area contributed by atoms with Gasteiger partial charge in [-0.25, -0.2) is 0 Å². The number of non-ortho nitro benzene ring substituents is 1. The van der Waals surface area contributed by atoms with Crippen LogP contribution >= 0.6 is 11.3 Å². The fraction of sp³-hybridized carbons (Fsp3) is 0.214. The molecule has 0 amide bonds. The van der Waals surface area contributed by atoms with E-state index >= 15 is 0 Å². The van der Waals surface area contributed by atoms with Gasteiger partial charge in [-0.15, -0.1) is 11.3 Å². The summed E-state index contributed by atoms with van der Waals surface area (Å²) in [5.41, 5.74) is 0.643. The van der Waals surface area contributed by atoms with Crippen molar-refractivity contribution in [2.75, 3.05) is 6.61 Å². The van der Waals surface area contributed by atoms with Crippen LogP contribution in [-0.4, -0.2) is 17.3 Å². The predicted molar refractivity (Wildman–Crippen MR) is 76.7 cm³/mol. The molecule has 0 atom stereocenters. The zero-order valence-corrected chi connectivity index (χ0v) is 11.9. The first-order valence-electron chi connectivity index (χ1n) is 5.95. The zero-order chi connectivity index (χ0) is 14.7. The van der Waals surface area contributed by atoms with Gasteiger partial charge in [0.15, 0.2) is 6.61 Å². The summed E-state index contributed by atoms with van der Waals surface area (Å²) < 4.78 is 5.43. The first-order chi connectivity index (χ1) is 9.47. The molecule has 0 aliphatic heterocycles. The minimum absolute atomic E-state index is 0.00931. The Balaban J connectivity index is 2.04. The fourth-order valence-electron chi connectivity index (χ4n) is 1.71. The van der Waals surface area contributed by atoms with Gasteiger partial charge in [0.1, 0.15) is 5.75 Å². The van der Waals surface area contributed by atoms with E-state index in [1.54, 1.807) is 13.0 Å². The van der Waals surface area contributed by atoms with E-state index in [1.807, 2.05) is 13.0 Å². The van der Waals surface area contributed by atoms with Gasteiger partial charge in [0.2, 0.25) is 5.78 Å². The number of carbonyl (C=O) groups excluding carboxylic acids is 1. The van der Waals surface area contributed by atoms with Gasteiger partial charge in [0.25, 0.3) is 5.69 Å². The van der Waals surface area contributed by atoms with Gasteiger partial charge in [-0.05, 0) is 37.6 Å². The highest BCUT2D eigenvalue weighted by Gasteiger charge is 2.12. The van der Waals surface area contributed by atoms with Gasteiger partial charge in [0, 0.05) is 17.0 Å². The van der Waals surface area contributed by atoms with Crippen molar-refractivity contribution in [3.63, 3.8) is 0 Å². The molecule has 1 aromatic carbocycles. The highest BCUT2D eigenvalue weighted by molar-refractivity contribution is 7.14. The molecule has 2 aromatic rings. The average Bonchev–Trinajstić information content (AvgIpc) is 2.83. The number of ether oxygens (including phenoxy) is 1. The van der Waals surface area contributed by atoms with Gasteiger partial charge in [-0.2, -0.15) is 0 Å². The normalized spacial score (nSPS) is 10.3. The third kappa shape index (κ3) is 3.21. The Bertz CT molecular complexity index is 663. The van der Waals surface area contributed by atoms with Crippen LogP contribution in [0.25, 0.3) is 0 Å². The van der Waals surface area contributed by atoms with E-state index in [0.29, 0.717) is 16.2 Å². The average molecular weight is 291 g/mol. The highest BCUT2D eigenvalue weighted by Crippen LogP contribution is 2.23.